The van der Waals surface area contributed by atoms with Crippen molar-refractivity contribution in [3.63, 3.8) is 0 Å². The number of nitrogens with zero attached hydrogens (tertiary/aromatic N) is 3. The number of pyridine rings is 1. The average molecular weight is 727 g/mol. The Bertz CT molecular complexity index is 2180. The largest absolute Gasteiger partial charge is 0.464 e. The number of carbonyl (C=O) groups is 3. The molecule has 0 saturated heterocycles. The summed E-state index contributed by atoms with van der Waals surface area (Å²) in [6.07, 6.45) is 2.79. The molecule has 2 aromatic carbocycles. The molecule has 0 fully saturated rings. The van der Waals surface area contributed by atoms with Gasteiger partial charge in [0.1, 0.15) is 23.5 Å². The van der Waals surface area contributed by atoms with E-state index < -0.39 is 67.5 Å². The minimum Gasteiger partial charge on any atom is -0.464 e. The lowest BCUT2D eigenvalue weighted by Crippen LogP contribution is -2.42. The summed E-state index contributed by atoms with van der Waals surface area (Å²) in [7, 11) is -2.95. The molecular weight excluding hydrogens is 690 g/mol. The third kappa shape index (κ3) is 9.30. The molecule has 17 heteroatoms. The van der Waals surface area contributed by atoms with E-state index in [9.17, 15) is 32.4 Å². The summed E-state index contributed by atoms with van der Waals surface area (Å²) in [5.74, 6) is -4.79. The summed E-state index contributed by atoms with van der Waals surface area (Å²) >= 11 is 0. The van der Waals surface area contributed by atoms with Crippen molar-refractivity contribution in [2.45, 2.75) is 51.5 Å². The van der Waals surface area contributed by atoms with Gasteiger partial charge < -0.3 is 19.9 Å². The molecule has 2 heterocycles. The van der Waals surface area contributed by atoms with Crippen molar-refractivity contribution in [3.05, 3.63) is 111 Å². The number of hydrogen-bond donors (Lipinski definition) is 3. The van der Waals surface area contributed by atoms with E-state index >= 15 is 8.78 Å². The minimum atomic E-state index is -4.42. The van der Waals surface area contributed by atoms with Crippen LogP contribution >= 0.6 is 0 Å². The monoisotopic (exact) mass is 726 g/mol. The first-order valence-electron chi connectivity index (χ1n) is 15.6. The van der Waals surface area contributed by atoms with Crippen LogP contribution < -0.4 is 26.6 Å². The Morgan fingerprint density at radius 2 is 1.67 bits per heavy atom. The standard InChI is InChI=1S/C34H36F2N6O8S/c1-6-50-31(45)26(13-7-20-8-14-28(37-19-20)42-29(43)15-16-41(5)33(42)47)39-30(44)23-17-25(36)27(18-24(23)35)40-51(48,49)22-11-9-21(10-12-22)38-32(46)34(2,3)4/h8-12,14-19,26,40H,6-7,13H2,1-5H3,(H,38,46)(H,39,44)/t26-/m0/s1. The number of nitrogens with one attached hydrogen (secondary N) is 3. The normalized spacial score (nSPS) is 12.1. The third-order valence-electron chi connectivity index (χ3n) is 7.44. The molecule has 270 valence electrons. The Hall–Kier alpha value is -5.71. The molecule has 51 heavy (non-hydrogen) atoms. The number of sulfonamides is 1. The summed E-state index contributed by atoms with van der Waals surface area (Å²) in [5.41, 5.74) is -2.57. The number of halogens is 2. The van der Waals surface area contributed by atoms with Gasteiger partial charge in [0.15, 0.2) is 0 Å². The molecule has 0 spiro atoms. The highest BCUT2D eigenvalue weighted by atomic mass is 32.2. The molecule has 0 unspecified atom stereocenters. The van der Waals surface area contributed by atoms with E-state index in [1.54, 1.807) is 33.8 Å². The number of esters is 1. The van der Waals surface area contributed by atoms with E-state index in [0.717, 1.165) is 4.57 Å². The predicted octanol–water partition coefficient (Wildman–Crippen LogP) is 3.29. The van der Waals surface area contributed by atoms with Gasteiger partial charge in [-0.2, -0.15) is 0 Å². The van der Waals surface area contributed by atoms with Crippen LogP contribution in [0.2, 0.25) is 0 Å². The average Bonchev–Trinajstić information content (AvgIpc) is 3.06. The summed E-state index contributed by atoms with van der Waals surface area (Å²) in [5, 5.41) is 4.98. The number of aryl methyl sites for hydroxylation is 2. The van der Waals surface area contributed by atoms with Crippen molar-refractivity contribution >= 4 is 39.2 Å². The predicted molar refractivity (Wildman–Crippen MR) is 183 cm³/mol. The van der Waals surface area contributed by atoms with Crippen LogP contribution in [0.15, 0.2) is 81.5 Å². The quantitative estimate of drug-likeness (QED) is 0.184. The molecule has 4 rings (SSSR count). The summed E-state index contributed by atoms with van der Waals surface area (Å²) < 4.78 is 65.2. The first-order chi connectivity index (χ1) is 23.9. The second kappa shape index (κ2) is 15.5. The molecule has 0 aliphatic carbocycles. The summed E-state index contributed by atoms with van der Waals surface area (Å²) in [6, 6.07) is 8.92. The fraction of sp³-hybridized carbons (Fsp3) is 0.294. The van der Waals surface area contributed by atoms with E-state index in [-0.39, 0.29) is 36.1 Å². The third-order valence-corrected chi connectivity index (χ3v) is 8.82. The Kier molecular flexibility index (Phi) is 11.5. The van der Waals surface area contributed by atoms with Crippen molar-refractivity contribution in [2.24, 2.45) is 12.5 Å². The number of ether oxygens (including phenoxy) is 1. The van der Waals surface area contributed by atoms with Gasteiger partial charge in [-0.1, -0.05) is 26.8 Å². The van der Waals surface area contributed by atoms with Gasteiger partial charge in [-0.05, 0) is 61.7 Å². The maximum absolute atomic E-state index is 15.2. The van der Waals surface area contributed by atoms with Crippen LogP contribution in [-0.4, -0.2) is 53.0 Å². The van der Waals surface area contributed by atoms with Crippen LogP contribution in [0.5, 0.6) is 0 Å². The van der Waals surface area contributed by atoms with Crippen LogP contribution in [0, 0.1) is 17.0 Å². The van der Waals surface area contributed by atoms with Gasteiger partial charge in [0, 0.05) is 42.7 Å². The molecule has 0 aliphatic heterocycles. The van der Waals surface area contributed by atoms with Crippen LogP contribution in [0.1, 0.15) is 50.0 Å². The Balaban J connectivity index is 1.46. The molecule has 4 aromatic rings. The molecule has 3 N–H and O–H groups in total. The van der Waals surface area contributed by atoms with Crippen LogP contribution in [0.4, 0.5) is 20.2 Å². The maximum Gasteiger partial charge on any atom is 0.336 e. The topological polar surface area (TPSA) is 188 Å². The number of rotatable bonds is 12. The number of hydrogen-bond acceptors (Lipinski definition) is 9. The van der Waals surface area contributed by atoms with Crippen molar-refractivity contribution in [1.29, 1.82) is 0 Å². The molecule has 0 aliphatic rings. The van der Waals surface area contributed by atoms with E-state index in [1.165, 1.54) is 60.4 Å². The van der Waals surface area contributed by atoms with Gasteiger partial charge in [0.25, 0.3) is 21.5 Å². The molecule has 1 atom stereocenters. The summed E-state index contributed by atoms with van der Waals surface area (Å²) in [6.45, 7) is 6.63. The molecule has 0 saturated carbocycles. The lowest BCUT2D eigenvalue weighted by atomic mass is 9.95. The fourth-order valence-corrected chi connectivity index (χ4v) is 5.61. The highest BCUT2D eigenvalue weighted by Crippen LogP contribution is 2.25. The van der Waals surface area contributed by atoms with E-state index in [2.05, 4.69) is 15.6 Å². The number of carbonyl (C=O) groups excluding carboxylic acids is 3. The minimum absolute atomic E-state index is 0.0334. The molecule has 2 amide bonds. The van der Waals surface area contributed by atoms with E-state index in [0.29, 0.717) is 23.4 Å². The molecule has 0 bridgehead atoms. The first-order valence-corrected chi connectivity index (χ1v) is 17.0. The summed E-state index contributed by atoms with van der Waals surface area (Å²) in [4.78, 5) is 66.4. The number of anilines is 2. The SMILES string of the molecule is CCOC(=O)[C@H](CCc1ccc(-n2c(=O)ccn(C)c2=O)nc1)NC(=O)c1cc(F)c(NS(=O)(=O)c2ccc(NC(=O)C(C)(C)C)cc2)cc1F. The number of benzene rings is 2. The van der Waals surface area contributed by atoms with Gasteiger partial charge >= 0.3 is 11.7 Å². The number of amides is 2. The lowest BCUT2D eigenvalue weighted by Gasteiger charge is -2.18. The van der Waals surface area contributed by atoms with Gasteiger partial charge in [-0.25, -0.2) is 36.3 Å². The molecule has 2 aromatic heterocycles. The molecule has 14 nitrogen and oxygen atoms in total. The highest BCUT2D eigenvalue weighted by Gasteiger charge is 2.27. The Labute approximate surface area is 291 Å². The fourth-order valence-electron chi connectivity index (χ4n) is 4.55. The van der Waals surface area contributed by atoms with Crippen LogP contribution in [0.25, 0.3) is 5.82 Å². The van der Waals surface area contributed by atoms with Crippen LogP contribution in [-0.2, 0) is 37.8 Å². The van der Waals surface area contributed by atoms with Crippen molar-refractivity contribution < 1.29 is 36.3 Å². The molecule has 0 radical (unpaired) electrons. The smallest absolute Gasteiger partial charge is 0.336 e. The van der Waals surface area contributed by atoms with E-state index in [1.807, 2.05) is 4.72 Å². The Morgan fingerprint density at radius 1 is 0.980 bits per heavy atom. The second-order valence-electron chi connectivity index (χ2n) is 12.4. The lowest BCUT2D eigenvalue weighted by molar-refractivity contribution is -0.145. The van der Waals surface area contributed by atoms with E-state index in [4.69, 9.17) is 4.74 Å². The highest BCUT2D eigenvalue weighted by molar-refractivity contribution is 7.92. The first kappa shape index (κ1) is 38.1. The zero-order valence-corrected chi connectivity index (χ0v) is 29.1. The second-order valence-corrected chi connectivity index (χ2v) is 14.1. The zero-order valence-electron chi connectivity index (χ0n) is 28.3. The number of aromatic nitrogens is 3. The van der Waals surface area contributed by atoms with Gasteiger partial charge in [-0.3, -0.25) is 19.1 Å². The van der Waals surface area contributed by atoms with Gasteiger partial charge in [0.05, 0.1) is 22.8 Å². The Morgan fingerprint density at radius 3 is 2.27 bits per heavy atom. The maximum atomic E-state index is 15.2. The van der Waals surface area contributed by atoms with Gasteiger partial charge in [-0.15, -0.1) is 0 Å². The van der Waals surface area contributed by atoms with Crippen molar-refractivity contribution in [2.75, 3.05) is 16.6 Å². The van der Waals surface area contributed by atoms with Gasteiger partial charge in [0.2, 0.25) is 5.91 Å². The zero-order chi connectivity index (χ0) is 37.7. The van der Waals surface area contributed by atoms with Crippen molar-refractivity contribution in [1.82, 2.24) is 19.4 Å². The van der Waals surface area contributed by atoms with Crippen molar-refractivity contribution in [3.8, 4) is 5.82 Å². The molecular formula is C34H36F2N6O8S. The van der Waals surface area contributed by atoms with Crippen LogP contribution in [0.3, 0.4) is 0 Å².